The van der Waals surface area contributed by atoms with Gasteiger partial charge in [-0.3, -0.25) is 0 Å². The Kier molecular flexibility index (Phi) is 6.74. The van der Waals surface area contributed by atoms with Crippen LogP contribution in [0, 0.1) is 13.8 Å². The molecule has 2 aromatic heterocycles. The number of fused-ring (bicyclic) bond motifs is 1. The smallest absolute Gasteiger partial charge is 0.156 e. The molecule has 0 spiro atoms. The number of aromatic nitrogens is 3. The van der Waals surface area contributed by atoms with Gasteiger partial charge in [0.1, 0.15) is 11.8 Å². The van der Waals surface area contributed by atoms with Crippen molar-refractivity contribution < 1.29 is 0 Å². The van der Waals surface area contributed by atoms with Crippen LogP contribution < -0.4 is 0 Å². The highest BCUT2D eigenvalue weighted by molar-refractivity contribution is 6.32. The largest absolute Gasteiger partial charge is 0.233 e. The van der Waals surface area contributed by atoms with Gasteiger partial charge in [0.05, 0.1) is 0 Å². The van der Waals surface area contributed by atoms with Crippen molar-refractivity contribution in [2.75, 3.05) is 0 Å². The lowest BCUT2D eigenvalue weighted by atomic mass is 10.3. The molecule has 0 aliphatic rings. The number of rotatable bonds is 0. The van der Waals surface area contributed by atoms with E-state index < -0.39 is 0 Å². The van der Waals surface area contributed by atoms with Gasteiger partial charge in [0, 0.05) is 5.69 Å². The second-order valence-corrected chi connectivity index (χ2v) is 3.14. The van der Waals surface area contributed by atoms with Crippen molar-refractivity contribution in [1.82, 2.24) is 14.6 Å². The summed E-state index contributed by atoms with van der Waals surface area (Å²) in [5, 5.41) is 4.59. The van der Waals surface area contributed by atoms with E-state index in [1.165, 1.54) is 6.33 Å². The highest BCUT2D eigenvalue weighted by Crippen LogP contribution is 2.19. The van der Waals surface area contributed by atoms with Crippen molar-refractivity contribution in [1.29, 1.82) is 0 Å². The van der Waals surface area contributed by atoms with E-state index in [0.717, 1.165) is 16.8 Å². The van der Waals surface area contributed by atoms with E-state index in [4.69, 9.17) is 11.6 Å². The van der Waals surface area contributed by atoms with E-state index >= 15 is 0 Å². The van der Waals surface area contributed by atoms with Crippen LogP contribution in [0.3, 0.4) is 0 Å². The number of nitrogens with zero attached hydrogens (tertiary/aromatic N) is 3. The van der Waals surface area contributed by atoms with Crippen LogP contribution in [0.2, 0.25) is 5.15 Å². The molecular formula is C12H20ClN3. The predicted molar refractivity (Wildman–Crippen MR) is 70.2 cm³/mol. The summed E-state index contributed by atoms with van der Waals surface area (Å²) < 4.78 is 1.80. The molecule has 0 radical (unpaired) electrons. The number of aryl methyl sites for hydroxylation is 2. The third-order valence-corrected chi connectivity index (χ3v) is 2.15. The van der Waals surface area contributed by atoms with Gasteiger partial charge in [-0.1, -0.05) is 39.3 Å². The summed E-state index contributed by atoms with van der Waals surface area (Å²) in [4.78, 5) is 3.91. The molecule has 2 rings (SSSR count). The standard InChI is InChI=1S/C8H8ClN3.2C2H6/c1-5-3-6(2)12-7(5)8(9)10-4-11-12;2*1-2/h3-4H,1-2H3;2*1-2H3. The van der Waals surface area contributed by atoms with Crippen LogP contribution in [0.5, 0.6) is 0 Å². The first-order chi connectivity index (χ1) is 7.70. The molecule has 0 saturated carbocycles. The van der Waals surface area contributed by atoms with Gasteiger partial charge in [-0.05, 0) is 25.5 Å². The molecule has 0 aromatic carbocycles. The van der Waals surface area contributed by atoms with Crippen molar-refractivity contribution in [3.8, 4) is 0 Å². The fourth-order valence-corrected chi connectivity index (χ4v) is 1.65. The maximum absolute atomic E-state index is 5.90. The quantitative estimate of drug-likeness (QED) is 0.697. The fourth-order valence-electron chi connectivity index (χ4n) is 1.37. The second-order valence-electron chi connectivity index (χ2n) is 2.78. The maximum atomic E-state index is 5.90. The lowest BCUT2D eigenvalue weighted by molar-refractivity contribution is 0.871. The summed E-state index contributed by atoms with van der Waals surface area (Å²) in [6.45, 7) is 12.0. The van der Waals surface area contributed by atoms with E-state index in [0.29, 0.717) is 5.15 Å². The molecule has 0 aliphatic heterocycles. The summed E-state index contributed by atoms with van der Waals surface area (Å²) in [6, 6.07) is 2.04. The predicted octanol–water partition coefficient (Wildman–Crippen LogP) is 4.05. The Morgan fingerprint density at radius 2 is 1.69 bits per heavy atom. The fraction of sp³-hybridized carbons (Fsp3) is 0.500. The molecule has 0 aliphatic carbocycles. The molecule has 90 valence electrons. The van der Waals surface area contributed by atoms with Gasteiger partial charge in [0.25, 0.3) is 0 Å². The van der Waals surface area contributed by atoms with Crippen LogP contribution in [0.15, 0.2) is 12.4 Å². The van der Waals surface area contributed by atoms with Gasteiger partial charge in [-0.2, -0.15) is 5.10 Å². The normalized spacial score (nSPS) is 8.94. The Labute approximate surface area is 102 Å². The monoisotopic (exact) mass is 241 g/mol. The van der Waals surface area contributed by atoms with E-state index in [1.807, 2.05) is 47.6 Å². The van der Waals surface area contributed by atoms with Gasteiger partial charge in [-0.25, -0.2) is 9.50 Å². The van der Waals surface area contributed by atoms with Crippen molar-refractivity contribution >= 4 is 17.1 Å². The lowest BCUT2D eigenvalue weighted by Crippen LogP contribution is -1.94. The van der Waals surface area contributed by atoms with Gasteiger partial charge in [0.2, 0.25) is 0 Å². The second kappa shape index (κ2) is 7.23. The topological polar surface area (TPSA) is 30.2 Å². The summed E-state index contributed by atoms with van der Waals surface area (Å²) in [5.74, 6) is 0. The summed E-state index contributed by atoms with van der Waals surface area (Å²) in [7, 11) is 0. The Morgan fingerprint density at radius 3 is 2.19 bits per heavy atom. The molecule has 0 atom stereocenters. The summed E-state index contributed by atoms with van der Waals surface area (Å²) in [6.07, 6.45) is 1.46. The third kappa shape index (κ3) is 2.95. The van der Waals surface area contributed by atoms with Crippen molar-refractivity contribution in [3.63, 3.8) is 0 Å². The SMILES string of the molecule is CC.CC.Cc1cc(C)n2ncnc(Cl)c12. The van der Waals surface area contributed by atoms with Crippen LogP contribution in [-0.2, 0) is 0 Å². The molecule has 4 heteroatoms. The van der Waals surface area contributed by atoms with Crippen LogP contribution in [0.25, 0.3) is 5.52 Å². The van der Waals surface area contributed by atoms with Crippen molar-refractivity contribution in [3.05, 3.63) is 28.8 Å². The average Bonchev–Trinajstić information content (AvgIpc) is 2.61. The Hall–Kier alpha value is -1.09. The molecule has 3 nitrogen and oxygen atoms in total. The highest BCUT2D eigenvalue weighted by atomic mass is 35.5. The molecule has 0 fully saturated rings. The molecule has 2 heterocycles. The molecule has 0 bridgehead atoms. The molecule has 2 aromatic rings. The molecule has 0 amide bonds. The number of hydrogen-bond donors (Lipinski definition) is 0. The number of hydrogen-bond acceptors (Lipinski definition) is 2. The van der Waals surface area contributed by atoms with Crippen LogP contribution in [0.1, 0.15) is 39.0 Å². The molecule has 0 saturated heterocycles. The van der Waals surface area contributed by atoms with Crippen molar-refractivity contribution in [2.24, 2.45) is 0 Å². The van der Waals surface area contributed by atoms with E-state index in [2.05, 4.69) is 10.1 Å². The van der Waals surface area contributed by atoms with Gasteiger partial charge in [-0.15, -0.1) is 0 Å². The van der Waals surface area contributed by atoms with E-state index in [1.54, 1.807) is 4.52 Å². The first-order valence-electron chi connectivity index (χ1n) is 5.65. The van der Waals surface area contributed by atoms with Gasteiger partial charge < -0.3 is 0 Å². The zero-order chi connectivity index (χ0) is 12.7. The minimum atomic E-state index is 0.510. The molecule has 16 heavy (non-hydrogen) atoms. The zero-order valence-corrected chi connectivity index (χ0v) is 11.6. The maximum Gasteiger partial charge on any atom is 0.156 e. The Balaban J connectivity index is 0.000000509. The van der Waals surface area contributed by atoms with E-state index in [9.17, 15) is 0 Å². The first-order valence-corrected chi connectivity index (χ1v) is 6.03. The Bertz CT molecular complexity index is 435. The minimum Gasteiger partial charge on any atom is -0.233 e. The average molecular weight is 242 g/mol. The zero-order valence-electron chi connectivity index (χ0n) is 10.9. The van der Waals surface area contributed by atoms with Gasteiger partial charge in [0.15, 0.2) is 5.15 Å². The number of halogens is 1. The summed E-state index contributed by atoms with van der Waals surface area (Å²) >= 11 is 5.90. The highest BCUT2D eigenvalue weighted by Gasteiger charge is 2.06. The third-order valence-electron chi connectivity index (χ3n) is 1.88. The van der Waals surface area contributed by atoms with Gasteiger partial charge >= 0.3 is 0 Å². The lowest BCUT2D eigenvalue weighted by Gasteiger charge is -1.96. The van der Waals surface area contributed by atoms with Crippen LogP contribution in [0.4, 0.5) is 0 Å². The molecule has 0 N–H and O–H groups in total. The Morgan fingerprint density at radius 1 is 1.12 bits per heavy atom. The van der Waals surface area contributed by atoms with E-state index in [-0.39, 0.29) is 0 Å². The summed E-state index contributed by atoms with van der Waals surface area (Å²) in [5.41, 5.74) is 3.08. The van der Waals surface area contributed by atoms with Crippen molar-refractivity contribution in [2.45, 2.75) is 41.5 Å². The molecular weight excluding hydrogens is 222 g/mol. The molecule has 0 unspecified atom stereocenters. The van der Waals surface area contributed by atoms with Crippen LogP contribution >= 0.6 is 11.6 Å². The first kappa shape index (κ1) is 14.9. The minimum absolute atomic E-state index is 0.510. The van der Waals surface area contributed by atoms with Crippen LogP contribution in [-0.4, -0.2) is 14.6 Å².